The Balaban J connectivity index is 1.23. The number of carbonyl (C=O) groups excluding carboxylic acids is 1. The minimum atomic E-state index is 0.113. The molecule has 4 aromatic rings. The molecule has 1 amide bonds. The maximum Gasteiger partial charge on any atom is 0.264 e. The maximum absolute atomic E-state index is 12.9. The number of fused-ring (bicyclic) bond motifs is 1. The Kier molecular flexibility index (Phi) is 5.15. The number of rotatable bonds is 4. The van der Waals surface area contributed by atoms with Crippen LogP contribution in [0, 0.1) is 0 Å². The number of anilines is 1. The first-order chi connectivity index (χ1) is 15.1. The lowest BCUT2D eigenvalue weighted by Gasteiger charge is -2.35. The molecule has 0 N–H and O–H groups in total. The average molecular weight is 434 g/mol. The minimum absolute atomic E-state index is 0.113. The van der Waals surface area contributed by atoms with Gasteiger partial charge >= 0.3 is 0 Å². The highest BCUT2D eigenvalue weighted by molar-refractivity contribution is 7.20. The summed E-state index contributed by atoms with van der Waals surface area (Å²) in [6.45, 7) is 6.90. The van der Waals surface area contributed by atoms with Crippen molar-refractivity contribution in [3.05, 3.63) is 59.4 Å². The summed E-state index contributed by atoms with van der Waals surface area (Å²) in [7, 11) is 0. The normalized spacial score (nSPS) is 14.5. The molecule has 0 radical (unpaired) electrons. The molecular weight excluding hydrogens is 410 g/mol. The molecule has 1 aliphatic rings. The number of carbonyl (C=O) groups is 1. The zero-order chi connectivity index (χ0) is 21.4. The van der Waals surface area contributed by atoms with Gasteiger partial charge < -0.3 is 14.3 Å². The smallest absolute Gasteiger partial charge is 0.264 e. The Labute approximate surface area is 184 Å². The molecule has 1 aromatic carbocycles. The molecule has 0 bridgehead atoms. The van der Waals surface area contributed by atoms with E-state index in [9.17, 15) is 4.79 Å². The summed E-state index contributed by atoms with van der Waals surface area (Å²) in [4.78, 5) is 26.9. The van der Waals surface area contributed by atoms with Crippen LogP contribution in [0.15, 0.2) is 53.2 Å². The molecule has 0 aliphatic carbocycles. The number of piperazine rings is 1. The SMILES string of the molecule is CC(C)c1nc(-c2ccc(N3CCN(C(=O)c4cc5ccccc5s4)CC3)nc2)no1. The summed E-state index contributed by atoms with van der Waals surface area (Å²) < 4.78 is 6.43. The van der Waals surface area contributed by atoms with Gasteiger partial charge in [-0.05, 0) is 29.7 Å². The monoisotopic (exact) mass is 433 g/mol. The predicted octanol–water partition coefficient (Wildman–Crippen LogP) is 4.43. The molecule has 1 fully saturated rings. The molecule has 1 saturated heterocycles. The van der Waals surface area contributed by atoms with Gasteiger partial charge in [0.1, 0.15) is 5.82 Å². The highest BCUT2D eigenvalue weighted by Crippen LogP contribution is 2.27. The fraction of sp³-hybridized carbons (Fsp3) is 0.304. The highest BCUT2D eigenvalue weighted by atomic mass is 32.1. The van der Waals surface area contributed by atoms with Crippen LogP contribution < -0.4 is 4.90 Å². The fourth-order valence-corrected chi connectivity index (χ4v) is 4.70. The van der Waals surface area contributed by atoms with Crippen molar-refractivity contribution in [3.63, 3.8) is 0 Å². The van der Waals surface area contributed by atoms with Crippen molar-refractivity contribution >= 4 is 33.1 Å². The largest absolute Gasteiger partial charge is 0.353 e. The lowest BCUT2D eigenvalue weighted by Crippen LogP contribution is -2.48. The molecule has 4 heterocycles. The van der Waals surface area contributed by atoms with E-state index in [1.165, 1.54) is 0 Å². The second-order valence-corrected chi connectivity index (χ2v) is 9.03. The Bertz CT molecular complexity index is 1170. The molecule has 0 spiro atoms. The number of amides is 1. The third kappa shape index (κ3) is 3.90. The number of aromatic nitrogens is 3. The highest BCUT2D eigenvalue weighted by Gasteiger charge is 2.24. The van der Waals surface area contributed by atoms with Gasteiger partial charge in [0, 0.05) is 48.6 Å². The first-order valence-corrected chi connectivity index (χ1v) is 11.2. The van der Waals surface area contributed by atoms with E-state index < -0.39 is 0 Å². The quantitative estimate of drug-likeness (QED) is 0.474. The summed E-state index contributed by atoms with van der Waals surface area (Å²) in [6, 6.07) is 14.1. The Morgan fingerprint density at radius 1 is 1.10 bits per heavy atom. The van der Waals surface area contributed by atoms with Crippen LogP contribution in [0.4, 0.5) is 5.82 Å². The first kappa shape index (κ1) is 19.7. The molecular formula is C23H23N5O2S. The molecule has 158 valence electrons. The molecule has 7 nitrogen and oxygen atoms in total. The van der Waals surface area contributed by atoms with E-state index in [0.29, 0.717) is 24.8 Å². The van der Waals surface area contributed by atoms with E-state index in [-0.39, 0.29) is 11.8 Å². The van der Waals surface area contributed by atoms with Crippen LogP contribution in [0.2, 0.25) is 0 Å². The van der Waals surface area contributed by atoms with Gasteiger partial charge in [-0.1, -0.05) is 37.2 Å². The molecule has 0 unspecified atom stereocenters. The van der Waals surface area contributed by atoms with Crippen molar-refractivity contribution in [3.8, 4) is 11.4 Å². The topological polar surface area (TPSA) is 75.4 Å². The van der Waals surface area contributed by atoms with E-state index in [4.69, 9.17) is 4.52 Å². The zero-order valence-corrected chi connectivity index (χ0v) is 18.3. The number of nitrogens with zero attached hydrogens (tertiary/aromatic N) is 5. The Morgan fingerprint density at radius 2 is 1.90 bits per heavy atom. The van der Waals surface area contributed by atoms with Gasteiger partial charge in [0.15, 0.2) is 0 Å². The van der Waals surface area contributed by atoms with E-state index in [1.807, 2.05) is 55.1 Å². The number of hydrogen-bond donors (Lipinski definition) is 0. The van der Waals surface area contributed by atoms with Gasteiger partial charge in [-0.15, -0.1) is 11.3 Å². The van der Waals surface area contributed by atoms with E-state index in [0.717, 1.165) is 39.4 Å². The third-order valence-electron chi connectivity index (χ3n) is 5.47. The van der Waals surface area contributed by atoms with Crippen LogP contribution in [0.5, 0.6) is 0 Å². The Morgan fingerprint density at radius 3 is 2.58 bits per heavy atom. The molecule has 3 aromatic heterocycles. The summed E-state index contributed by atoms with van der Waals surface area (Å²) in [5.74, 6) is 2.38. The fourth-order valence-electron chi connectivity index (χ4n) is 3.67. The van der Waals surface area contributed by atoms with Crippen LogP contribution in [0.3, 0.4) is 0 Å². The van der Waals surface area contributed by atoms with Crippen molar-refractivity contribution in [2.24, 2.45) is 0 Å². The first-order valence-electron chi connectivity index (χ1n) is 10.4. The van der Waals surface area contributed by atoms with Gasteiger partial charge in [0.2, 0.25) is 11.7 Å². The van der Waals surface area contributed by atoms with E-state index >= 15 is 0 Å². The van der Waals surface area contributed by atoms with Gasteiger partial charge in [-0.2, -0.15) is 4.98 Å². The molecule has 0 saturated carbocycles. The minimum Gasteiger partial charge on any atom is -0.353 e. The molecule has 5 rings (SSSR count). The Hall–Kier alpha value is -3.26. The zero-order valence-electron chi connectivity index (χ0n) is 17.5. The molecule has 0 atom stereocenters. The van der Waals surface area contributed by atoms with Crippen molar-refractivity contribution in [1.29, 1.82) is 0 Å². The van der Waals surface area contributed by atoms with Crippen LogP contribution in [-0.2, 0) is 0 Å². The summed E-state index contributed by atoms with van der Waals surface area (Å²) in [6.07, 6.45) is 1.78. The molecule has 31 heavy (non-hydrogen) atoms. The van der Waals surface area contributed by atoms with Gasteiger partial charge in [0.25, 0.3) is 5.91 Å². The predicted molar refractivity (Wildman–Crippen MR) is 122 cm³/mol. The van der Waals surface area contributed by atoms with Gasteiger partial charge in [-0.25, -0.2) is 4.98 Å². The second kappa shape index (κ2) is 8.11. The molecule has 8 heteroatoms. The standard InChI is InChI=1S/C23H23N5O2S/c1-15(2)22-25-21(26-30-22)17-7-8-20(24-14-17)27-9-11-28(12-10-27)23(29)19-13-16-5-3-4-6-18(16)31-19/h3-8,13-15H,9-12H2,1-2H3. The summed E-state index contributed by atoms with van der Waals surface area (Å²) in [5, 5.41) is 5.17. The number of hydrogen-bond acceptors (Lipinski definition) is 7. The van der Waals surface area contributed by atoms with E-state index in [1.54, 1.807) is 17.5 Å². The van der Waals surface area contributed by atoms with E-state index in [2.05, 4.69) is 26.1 Å². The van der Waals surface area contributed by atoms with Crippen molar-refractivity contribution in [1.82, 2.24) is 20.0 Å². The van der Waals surface area contributed by atoms with Gasteiger partial charge in [-0.3, -0.25) is 4.79 Å². The molecule has 1 aliphatic heterocycles. The number of thiophene rings is 1. The van der Waals surface area contributed by atoms with Crippen molar-refractivity contribution < 1.29 is 9.32 Å². The number of pyridine rings is 1. The van der Waals surface area contributed by atoms with Crippen molar-refractivity contribution in [2.75, 3.05) is 31.1 Å². The van der Waals surface area contributed by atoms with Crippen LogP contribution in [-0.4, -0.2) is 52.1 Å². The van der Waals surface area contributed by atoms with Crippen LogP contribution in [0.1, 0.15) is 35.3 Å². The lowest BCUT2D eigenvalue weighted by molar-refractivity contribution is 0.0751. The summed E-state index contributed by atoms with van der Waals surface area (Å²) in [5.41, 5.74) is 0.831. The maximum atomic E-state index is 12.9. The summed E-state index contributed by atoms with van der Waals surface area (Å²) >= 11 is 1.56. The second-order valence-electron chi connectivity index (χ2n) is 7.94. The van der Waals surface area contributed by atoms with Crippen molar-refractivity contribution in [2.45, 2.75) is 19.8 Å². The van der Waals surface area contributed by atoms with Crippen LogP contribution in [0.25, 0.3) is 21.5 Å². The average Bonchev–Trinajstić information content (AvgIpc) is 3.46. The number of benzene rings is 1. The van der Waals surface area contributed by atoms with Crippen LogP contribution >= 0.6 is 11.3 Å². The lowest BCUT2D eigenvalue weighted by atomic mass is 10.2. The van der Waals surface area contributed by atoms with Gasteiger partial charge in [0.05, 0.1) is 4.88 Å². The third-order valence-corrected chi connectivity index (χ3v) is 6.57.